The molecule has 0 saturated heterocycles. The molecule has 1 aromatic carbocycles. The fourth-order valence-corrected chi connectivity index (χ4v) is 2.29. The zero-order valence-corrected chi connectivity index (χ0v) is 10.3. The highest BCUT2D eigenvalue weighted by molar-refractivity contribution is 7.52. The SMILES string of the molecule is O=P(O)(CCc1ccccc1)OC(F)(F)C(F)(F)F. The summed E-state index contributed by atoms with van der Waals surface area (Å²) in [5, 5.41) is 0. The summed E-state index contributed by atoms with van der Waals surface area (Å²) in [6.07, 6.45) is -12.7. The van der Waals surface area contributed by atoms with Gasteiger partial charge < -0.3 is 4.89 Å². The number of benzene rings is 1. The lowest BCUT2D eigenvalue weighted by Crippen LogP contribution is -2.38. The molecule has 108 valence electrons. The van der Waals surface area contributed by atoms with E-state index in [1.807, 2.05) is 0 Å². The van der Waals surface area contributed by atoms with E-state index in [1.165, 1.54) is 0 Å². The predicted octanol–water partition coefficient (Wildman–Crippen LogP) is 3.59. The Balaban J connectivity index is 2.65. The van der Waals surface area contributed by atoms with E-state index in [0.717, 1.165) is 0 Å². The van der Waals surface area contributed by atoms with Gasteiger partial charge in [0, 0.05) is 0 Å². The second-order valence-electron chi connectivity index (χ2n) is 3.70. The van der Waals surface area contributed by atoms with E-state index < -0.39 is 26.0 Å². The molecular formula is C10H10F5O3P. The van der Waals surface area contributed by atoms with Crippen molar-refractivity contribution in [1.29, 1.82) is 0 Å². The molecule has 1 rings (SSSR count). The average Bonchev–Trinajstić information content (AvgIpc) is 2.25. The van der Waals surface area contributed by atoms with E-state index in [9.17, 15) is 26.5 Å². The molecule has 0 amide bonds. The summed E-state index contributed by atoms with van der Waals surface area (Å²) in [6, 6.07) is 7.95. The largest absolute Gasteiger partial charge is 0.483 e. The van der Waals surface area contributed by atoms with Gasteiger partial charge in [0.1, 0.15) is 0 Å². The first-order chi connectivity index (χ1) is 8.54. The summed E-state index contributed by atoms with van der Waals surface area (Å²) < 4.78 is 74.7. The zero-order valence-electron chi connectivity index (χ0n) is 9.40. The van der Waals surface area contributed by atoms with Gasteiger partial charge >= 0.3 is 19.9 Å². The first kappa shape index (κ1) is 16.1. The van der Waals surface area contributed by atoms with Gasteiger partial charge in [0.2, 0.25) is 0 Å². The summed E-state index contributed by atoms with van der Waals surface area (Å²) in [4.78, 5) is 9.03. The van der Waals surface area contributed by atoms with Crippen molar-refractivity contribution in [3.63, 3.8) is 0 Å². The van der Waals surface area contributed by atoms with Gasteiger partial charge in [-0.1, -0.05) is 30.3 Å². The number of rotatable bonds is 5. The third kappa shape index (κ3) is 4.89. The molecule has 3 nitrogen and oxygen atoms in total. The van der Waals surface area contributed by atoms with Crippen LogP contribution in [0.25, 0.3) is 0 Å². The van der Waals surface area contributed by atoms with E-state index in [2.05, 4.69) is 4.52 Å². The minimum atomic E-state index is -6.03. The molecule has 0 aliphatic heterocycles. The van der Waals surface area contributed by atoms with E-state index in [0.29, 0.717) is 5.56 Å². The number of hydrogen-bond acceptors (Lipinski definition) is 2. The number of alkyl halides is 5. The molecule has 1 aromatic rings. The molecule has 9 heteroatoms. The Morgan fingerprint density at radius 3 is 2.11 bits per heavy atom. The number of hydrogen-bond donors (Lipinski definition) is 1. The highest BCUT2D eigenvalue weighted by atomic mass is 31.2. The molecule has 0 aliphatic carbocycles. The summed E-state index contributed by atoms with van der Waals surface area (Å²) in [5.41, 5.74) is 0.524. The predicted molar refractivity (Wildman–Crippen MR) is 56.9 cm³/mol. The van der Waals surface area contributed by atoms with Crippen molar-refractivity contribution in [3.05, 3.63) is 35.9 Å². The lowest BCUT2D eigenvalue weighted by atomic mass is 10.2. The summed E-state index contributed by atoms with van der Waals surface area (Å²) in [5.74, 6) is 0. The normalized spacial score (nSPS) is 16.1. The van der Waals surface area contributed by atoms with Crippen molar-refractivity contribution in [3.8, 4) is 0 Å². The second-order valence-corrected chi connectivity index (χ2v) is 5.61. The molecule has 0 aromatic heterocycles. The topological polar surface area (TPSA) is 46.5 Å². The minimum Gasteiger partial charge on any atom is -0.324 e. The van der Waals surface area contributed by atoms with Gasteiger partial charge in [-0.2, -0.15) is 22.0 Å². The fourth-order valence-electron chi connectivity index (χ4n) is 1.19. The Hall–Kier alpha value is -0.980. The standard InChI is InChI=1S/C10H10F5O3P/c11-9(12,13)10(14,15)18-19(16,17)7-6-8-4-2-1-3-5-8/h1-5H,6-7H2,(H,16,17). The third-order valence-corrected chi connectivity index (χ3v) is 3.42. The molecule has 0 heterocycles. The van der Waals surface area contributed by atoms with E-state index in [4.69, 9.17) is 4.89 Å². The Kier molecular flexibility index (Phi) is 4.71. The maximum atomic E-state index is 12.5. The Labute approximate surface area is 105 Å². The van der Waals surface area contributed by atoms with Crippen LogP contribution in [0.2, 0.25) is 0 Å². The molecule has 0 bridgehead atoms. The van der Waals surface area contributed by atoms with Gasteiger partial charge in [0.15, 0.2) is 0 Å². The van der Waals surface area contributed by atoms with Crippen LogP contribution in [0.3, 0.4) is 0 Å². The molecule has 1 atom stereocenters. The average molecular weight is 304 g/mol. The van der Waals surface area contributed by atoms with Gasteiger partial charge in [-0.15, -0.1) is 0 Å². The Morgan fingerprint density at radius 2 is 1.63 bits per heavy atom. The molecule has 0 aliphatic rings. The molecular weight excluding hydrogens is 294 g/mol. The summed E-state index contributed by atoms with van der Waals surface area (Å²) >= 11 is 0. The van der Waals surface area contributed by atoms with E-state index >= 15 is 0 Å². The monoisotopic (exact) mass is 304 g/mol. The zero-order chi connectivity index (χ0) is 14.7. The maximum absolute atomic E-state index is 12.5. The van der Waals surface area contributed by atoms with Crippen molar-refractivity contribution < 1.29 is 35.9 Å². The number of halogens is 5. The van der Waals surface area contributed by atoms with Gasteiger partial charge in [0.25, 0.3) is 0 Å². The van der Waals surface area contributed by atoms with Gasteiger partial charge in [-0.25, -0.2) is 4.52 Å². The molecule has 1 N–H and O–H groups in total. The van der Waals surface area contributed by atoms with Crippen molar-refractivity contribution in [2.45, 2.75) is 18.7 Å². The lowest BCUT2D eigenvalue weighted by molar-refractivity contribution is -0.362. The second kappa shape index (κ2) is 5.56. The third-order valence-electron chi connectivity index (χ3n) is 2.11. The van der Waals surface area contributed by atoms with Crippen LogP contribution >= 0.6 is 7.60 Å². The summed E-state index contributed by atoms with van der Waals surface area (Å²) in [7, 11) is -5.05. The Morgan fingerprint density at radius 1 is 1.11 bits per heavy atom. The minimum absolute atomic E-state index is 0.150. The van der Waals surface area contributed by atoms with Crippen LogP contribution in [0.5, 0.6) is 0 Å². The first-order valence-corrected chi connectivity index (χ1v) is 6.81. The molecule has 0 saturated carbocycles. The highest BCUT2D eigenvalue weighted by Crippen LogP contribution is 2.52. The van der Waals surface area contributed by atoms with Gasteiger partial charge in [0.05, 0.1) is 6.16 Å². The van der Waals surface area contributed by atoms with Crippen molar-refractivity contribution in [2.24, 2.45) is 0 Å². The molecule has 1 unspecified atom stereocenters. The summed E-state index contributed by atoms with van der Waals surface area (Å²) in [6.45, 7) is 0. The lowest BCUT2D eigenvalue weighted by Gasteiger charge is -2.22. The van der Waals surface area contributed by atoms with Crippen molar-refractivity contribution in [2.75, 3.05) is 6.16 Å². The Bertz CT molecular complexity index is 460. The molecule has 0 radical (unpaired) electrons. The number of aryl methyl sites for hydroxylation is 1. The molecule has 0 spiro atoms. The van der Waals surface area contributed by atoms with E-state index in [1.54, 1.807) is 30.3 Å². The van der Waals surface area contributed by atoms with Gasteiger partial charge in [-0.3, -0.25) is 4.57 Å². The van der Waals surface area contributed by atoms with Crippen LogP contribution in [0.15, 0.2) is 30.3 Å². The van der Waals surface area contributed by atoms with Crippen molar-refractivity contribution in [1.82, 2.24) is 0 Å². The van der Waals surface area contributed by atoms with Crippen LogP contribution in [-0.4, -0.2) is 23.3 Å². The van der Waals surface area contributed by atoms with Crippen LogP contribution in [0, 0.1) is 0 Å². The molecule has 19 heavy (non-hydrogen) atoms. The van der Waals surface area contributed by atoms with Crippen LogP contribution in [0.4, 0.5) is 22.0 Å². The fraction of sp³-hybridized carbons (Fsp3) is 0.400. The van der Waals surface area contributed by atoms with Crippen molar-refractivity contribution >= 4 is 7.60 Å². The maximum Gasteiger partial charge on any atom is 0.483 e. The molecule has 0 fully saturated rings. The highest BCUT2D eigenvalue weighted by Gasteiger charge is 2.62. The quantitative estimate of drug-likeness (QED) is 0.668. The van der Waals surface area contributed by atoms with Crippen LogP contribution < -0.4 is 0 Å². The smallest absolute Gasteiger partial charge is 0.324 e. The van der Waals surface area contributed by atoms with Crippen LogP contribution in [-0.2, 0) is 15.5 Å². The van der Waals surface area contributed by atoms with Gasteiger partial charge in [-0.05, 0) is 12.0 Å². The van der Waals surface area contributed by atoms with E-state index in [-0.39, 0.29) is 6.42 Å². The first-order valence-electron chi connectivity index (χ1n) is 5.04. The van der Waals surface area contributed by atoms with Crippen LogP contribution in [0.1, 0.15) is 5.56 Å².